The lowest BCUT2D eigenvalue weighted by molar-refractivity contribution is 0.169. The molecule has 3 N–H and O–H groups in total. The summed E-state index contributed by atoms with van der Waals surface area (Å²) in [7, 11) is 1.95. The van der Waals surface area contributed by atoms with Crippen molar-refractivity contribution in [3.05, 3.63) is 0 Å². The Balaban J connectivity index is 2.39. The Morgan fingerprint density at radius 3 is 2.38 bits per heavy atom. The van der Waals surface area contributed by atoms with Crippen LogP contribution in [0.5, 0.6) is 0 Å². The maximum Gasteiger partial charge on any atom is 0.0830 e. The summed E-state index contributed by atoms with van der Waals surface area (Å²) in [4.78, 5) is 2.02. The minimum atomic E-state index is -0.306. The predicted molar refractivity (Wildman–Crippen MR) is 31.5 cm³/mol. The first kappa shape index (κ1) is 6.01. The van der Waals surface area contributed by atoms with Gasteiger partial charge in [-0.2, -0.15) is 0 Å². The normalized spacial score (nSPS) is 40.9. The molecule has 1 heterocycles. The average Bonchev–Trinajstić information content (AvgIpc) is 1.85. The molecule has 2 atom stereocenters. The molecule has 48 valence electrons. The second-order valence-corrected chi connectivity index (χ2v) is 2.45. The smallest absolute Gasteiger partial charge is 0.0830 e. The fraction of sp³-hybridized carbons (Fsp3) is 1.00. The molecular formula is C5H12N2O. The minimum Gasteiger partial charge on any atom is -0.390 e. The molecule has 0 aliphatic carbocycles. The molecule has 0 bridgehead atoms. The zero-order chi connectivity index (χ0) is 6.15. The Morgan fingerprint density at radius 2 is 2.25 bits per heavy atom. The molecule has 1 fully saturated rings. The number of hydrogen-bond donors (Lipinski definition) is 2. The lowest BCUT2D eigenvalue weighted by atomic mass is 10.2. The van der Waals surface area contributed by atoms with Gasteiger partial charge in [0.25, 0.3) is 0 Å². The number of likely N-dealkylation sites (N-methyl/N-ethyl adjacent to an activating group) is 1. The lowest BCUT2D eigenvalue weighted by Gasteiger charge is -2.03. The van der Waals surface area contributed by atoms with E-state index in [1.807, 2.05) is 11.9 Å². The topological polar surface area (TPSA) is 49.5 Å². The van der Waals surface area contributed by atoms with Gasteiger partial charge in [0, 0.05) is 19.1 Å². The quantitative estimate of drug-likeness (QED) is 0.410. The van der Waals surface area contributed by atoms with E-state index >= 15 is 0 Å². The zero-order valence-electron chi connectivity index (χ0n) is 5.04. The molecule has 0 aromatic carbocycles. The summed E-state index contributed by atoms with van der Waals surface area (Å²) >= 11 is 0. The monoisotopic (exact) mass is 116 g/mol. The second kappa shape index (κ2) is 2.01. The van der Waals surface area contributed by atoms with E-state index in [1.54, 1.807) is 0 Å². The molecule has 0 spiro atoms. The van der Waals surface area contributed by atoms with Crippen LogP contribution in [0.3, 0.4) is 0 Å². The van der Waals surface area contributed by atoms with Crippen LogP contribution in [-0.4, -0.2) is 42.3 Å². The van der Waals surface area contributed by atoms with E-state index in [-0.39, 0.29) is 12.1 Å². The first-order valence-electron chi connectivity index (χ1n) is 2.82. The number of hydrogen-bond acceptors (Lipinski definition) is 3. The fourth-order valence-electron chi connectivity index (χ4n) is 1.01. The maximum atomic E-state index is 9.00. The fourth-order valence-corrected chi connectivity index (χ4v) is 1.01. The van der Waals surface area contributed by atoms with E-state index in [9.17, 15) is 0 Å². The Labute approximate surface area is 49.1 Å². The maximum absolute atomic E-state index is 9.00. The van der Waals surface area contributed by atoms with Crippen molar-refractivity contribution in [3.8, 4) is 0 Å². The standard InChI is InChI=1S/C5H12N2O/c1-7-2-4(6)5(8)3-7/h4-5,8H,2-3,6H2,1H3/t4-,5+/m1/s1. The summed E-state index contributed by atoms with van der Waals surface area (Å²) in [6.07, 6.45) is -0.306. The lowest BCUT2D eigenvalue weighted by Crippen LogP contribution is -2.32. The van der Waals surface area contributed by atoms with Crippen LogP contribution in [0.25, 0.3) is 0 Å². The number of nitrogens with two attached hydrogens (primary N) is 1. The summed E-state index contributed by atoms with van der Waals surface area (Å²) in [6.45, 7) is 1.54. The summed E-state index contributed by atoms with van der Waals surface area (Å²) in [5.74, 6) is 0. The molecule has 8 heavy (non-hydrogen) atoms. The van der Waals surface area contributed by atoms with E-state index in [2.05, 4.69) is 0 Å². The minimum absolute atomic E-state index is 0.0278. The van der Waals surface area contributed by atoms with Crippen molar-refractivity contribution in [3.63, 3.8) is 0 Å². The second-order valence-electron chi connectivity index (χ2n) is 2.45. The molecule has 0 aromatic heterocycles. The number of nitrogens with zero attached hydrogens (tertiary/aromatic N) is 1. The van der Waals surface area contributed by atoms with Gasteiger partial charge >= 0.3 is 0 Å². The summed E-state index contributed by atoms with van der Waals surface area (Å²) < 4.78 is 0. The van der Waals surface area contributed by atoms with Crippen LogP contribution >= 0.6 is 0 Å². The van der Waals surface area contributed by atoms with Gasteiger partial charge in [-0.05, 0) is 7.05 Å². The van der Waals surface area contributed by atoms with Crippen LogP contribution in [0, 0.1) is 0 Å². The summed E-state index contributed by atoms with van der Waals surface area (Å²) in [6, 6.07) is -0.0278. The van der Waals surface area contributed by atoms with Crippen molar-refractivity contribution in [2.24, 2.45) is 5.73 Å². The van der Waals surface area contributed by atoms with E-state index in [0.29, 0.717) is 0 Å². The molecule has 3 heteroatoms. The van der Waals surface area contributed by atoms with Gasteiger partial charge in [0.1, 0.15) is 0 Å². The molecular weight excluding hydrogens is 104 g/mol. The third-order valence-corrected chi connectivity index (χ3v) is 1.52. The Bertz CT molecular complexity index is 76.5. The highest BCUT2D eigenvalue weighted by molar-refractivity contribution is 4.84. The van der Waals surface area contributed by atoms with Gasteiger partial charge in [0.15, 0.2) is 0 Å². The Kier molecular flexibility index (Phi) is 1.51. The van der Waals surface area contributed by atoms with Gasteiger partial charge in [-0.25, -0.2) is 0 Å². The SMILES string of the molecule is CN1C[C@@H](N)[C@@H](O)C1. The third kappa shape index (κ3) is 0.992. The zero-order valence-corrected chi connectivity index (χ0v) is 5.04. The van der Waals surface area contributed by atoms with Crippen molar-refractivity contribution in [2.45, 2.75) is 12.1 Å². The van der Waals surface area contributed by atoms with E-state index in [4.69, 9.17) is 10.8 Å². The molecule has 0 radical (unpaired) electrons. The first-order chi connectivity index (χ1) is 3.70. The van der Waals surface area contributed by atoms with Crippen molar-refractivity contribution in [2.75, 3.05) is 20.1 Å². The number of aliphatic hydroxyl groups excluding tert-OH is 1. The van der Waals surface area contributed by atoms with Gasteiger partial charge < -0.3 is 15.7 Å². The number of β-amino-alcohol motifs (C(OH)–C–C–N with tert-alkyl or cyclic N) is 1. The number of likely N-dealkylation sites (tertiary alicyclic amines) is 1. The Hall–Kier alpha value is -0.120. The average molecular weight is 116 g/mol. The van der Waals surface area contributed by atoms with Crippen LogP contribution in [-0.2, 0) is 0 Å². The van der Waals surface area contributed by atoms with Gasteiger partial charge in [0.2, 0.25) is 0 Å². The van der Waals surface area contributed by atoms with Crippen molar-refractivity contribution >= 4 is 0 Å². The molecule has 0 unspecified atom stereocenters. The van der Waals surface area contributed by atoms with Crippen molar-refractivity contribution in [1.82, 2.24) is 4.90 Å². The molecule has 0 amide bonds. The van der Waals surface area contributed by atoms with Gasteiger partial charge in [-0.1, -0.05) is 0 Å². The number of aliphatic hydroxyl groups is 1. The van der Waals surface area contributed by atoms with E-state index in [1.165, 1.54) is 0 Å². The van der Waals surface area contributed by atoms with Crippen LogP contribution in [0.1, 0.15) is 0 Å². The molecule has 1 aliphatic heterocycles. The highest BCUT2D eigenvalue weighted by atomic mass is 16.3. The third-order valence-electron chi connectivity index (χ3n) is 1.52. The van der Waals surface area contributed by atoms with Crippen LogP contribution in [0.4, 0.5) is 0 Å². The highest BCUT2D eigenvalue weighted by Gasteiger charge is 2.24. The molecule has 0 saturated carbocycles. The Morgan fingerprint density at radius 1 is 1.62 bits per heavy atom. The molecule has 1 aliphatic rings. The van der Waals surface area contributed by atoms with Crippen LogP contribution in [0.15, 0.2) is 0 Å². The highest BCUT2D eigenvalue weighted by Crippen LogP contribution is 2.03. The molecule has 0 aromatic rings. The van der Waals surface area contributed by atoms with Gasteiger partial charge in [0.05, 0.1) is 6.10 Å². The summed E-state index contributed by atoms with van der Waals surface area (Å²) in [5.41, 5.74) is 5.48. The van der Waals surface area contributed by atoms with Gasteiger partial charge in [-0.3, -0.25) is 0 Å². The van der Waals surface area contributed by atoms with Crippen molar-refractivity contribution in [1.29, 1.82) is 0 Å². The van der Waals surface area contributed by atoms with Crippen molar-refractivity contribution < 1.29 is 5.11 Å². The first-order valence-corrected chi connectivity index (χ1v) is 2.82. The number of rotatable bonds is 0. The largest absolute Gasteiger partial charge is 0.390 e. The summed E-state index contributed by atoms with van der Waals surface area (Å²) in [5, 5.41) is 9.00. The molecule has 3 nitrogen and oxygen atoms in total. The van der Waals surface area contributed by atoms with E-state index < -0.39 is 0 Å². The van der Waals surface area contributed by atoms with Crippen LogP contribution in [0.2, 0.25) is 0 Å². The molecule has 1 rings (SSSR count). The molecule has 1 saturated heterocycles. The predicted octanol–water partition coefficient (Wildman–Crippen LogP) is -1.38. The van der Waals surface area contributed by atoms with Gasteiger partial charge in [-0.15, -0.1) is 0 Å². The van der Waals surface area contributed by atoms with E-state index in [0.717, 1.165) is 13.1 Å². The van der Waals surface area contributed by atoms with Crippen LogP contribution < -0.4 is 5.73 Å².